The number of carbonyl (C=O) groups excluding carboxylic acids is 1. The van der Waals surface area contributed by atoms with Gasteiger partial charge in [-0.2, -0.15) is 5.10 Å². The highest BCUT2D eigenvalue weighted by molar-refractivity contribution is 7.90. The van der Waals surface area contributed by atoms with E-state index in [1.807, 2.05) is 6.07 Å². The molecular weight excluding hydrogens is 364 g/mol. The minimum Gasteiger partial charge on any atom is -0.322 e. The third-order valence-corrected chi connectivity index (χ3v) is 4.85. The lowest BCUT2D eigenvalue weighted by Crippen LogP contribution is -2.13. The Balaban J connectivity index is 1.85. The molecule has 0 unspecified atom stereocenters. The molecular formula is C16H13ClN4O3S. The summed E-state index contributed by atoms with van der Waals surface area (Å²) in [4.78, 5) is 16.5. The van der Waals surface area contributed by atoms with E-state index in [9.17, 15) is 13.2 Å². The molecule has 0 radical (unpaired) electrons. The van der Waals surface area contributed by atoms with Crippen LogP contribution >= 0.6 is 11.6 Å². The smallest absolute Gasteiger partial charge is 0.257 e. The van der Waals surface area contributed by atoms with Crippen LogP contribution in [0.3, 0.4) is 0 Å². The highest BCUT2D eigenvalue weighted by Gasteiger charge is 2.15. The van der Waals surface area contributed by atoms with Crippen LogP contribution in [0.15, 0.2) is 53.7 Å². The third kappa shape index (κ3) is 3.86. The van der Waals surface area contributed by atoms with Crippen LogP contribution in [0.25, 0.3) is 11.4 Å². The van der Waals surface area contributed by atoms with Gasteiger partial charge in [0, 0.05) is 17.5 Å². The topological polar surface area (TPSA) is 105 Å². The zero-order chi connectivity index (χ0) is 18.0. The van der Waals surface area contributed by atoms with Gasteiger partial charge in [-0.05, 0) is 30.3 Å². The highest BCUT2D eigenvalue weighted by atomic mass is 35.5. The van der Waals surface area contributed by atoms with Crippen molar-refractivity contribution < 1.29 is 13.2 Å². The van der Waals surface area contributed by atoms with E-state index >= 15 is 0 Å². The lowest BCUT2D eigenvalue weighted by molar-refractivity contribution is 0.102. The standard InChI is InChI=1S/C16H13ClN4O3S/c1-25(23,24)12-5-6-13(14(17)8-12)16(22)20-11-4-2-3-10(7-11)15-18-9-19-21-15/h2-9H,1H3,(H,20,22)(H,18,19,21). The molecule has 0 aliphatic heterocycles. The number of rotatable bonds is 4. The van der Waals surface area contributed by atoms with Gasteiger partial charge in [0.05, 0.1) is 15.5 Å². The van der Waals surface area contributed by atoms with Gasteiger partial charge >= 0.3 is 0 Å². The van der Waals surface area contributed by atoms with Gasteiger partial charge in [0.2, 0.25) is 0 Å². The number of amides is 1. The first-order valence-corrected chi connectivity index (χ1v) is 9.38. The van der Waals surface area contributed by atoms with E-state index in [0.717, 1.165) is 11.8 Å². The number of nitrogens with zero attached hydrogens (tertiary/aromatic N) is 2. The number of benzene rings is 2. The molecule has 0 fully saturated rings. The Kier molecular flexibility index (Phi) is 4.56. The Morgan fingerprint density at radius 3 is 2.64 bits per heavy atom. The number of H-pyrrole nitrogens is 1. The molecule has 1 amide bonds. The molecule has 7 nitrogen and oxygen atoms in total. The molecule has 9 heteroatoms. The van der Waals surface area contributed by atoms with Gasteiger partial charge in [0.15, 0.2) is 15.7 Å². The molecule has 0 spiro atoms. The summed E-state index contributed by atoms with van der Waals surface area (Å²) in [7, 11) is -3.39. The highest BCUT2D eigenvalue weighted by Crippen LogP contribution is 2.23. The minimum atomic E-state index is -3.39. The molecule has 0 saturated heterocycles. The van der Waals surface area contributed by atoms with Gasteiger partial charge in [-0.1, -0.05) is 23.7 Å². The molecule has 0 aliphatic rings. The van der Waals surface area contributed by atoms with E-state index in [1.165, 1.54) is 24.5 Å². The van der Waals surface area contributed by atoms with E-state index in [0.29, 0.717) is 11.5 Å². The van der Waals surface area contributed by atoms with Gasteiger partial charge in [-0.15, -0.1) is 0 Å². The first-order valence-electron chi connectivity index (χ1n) is 7.11. The second-order valence-electron chi connectivity index (χ2n) is 5.28. The van der Waals surface area contributed by atoms with E-state index in [-0.39, 0.29) is 15.5 Å². The first-order chi connectivity index (χ1) is 11.8. The van der Waals surface area contributed by atoms with Crippen LogP contribution < -0.4 is 5.32 Å². The summed E-state index contributed by atoms with van der Waals surface area (Å²) in [6, 6.07) is 11.0. The monoisotopic (exact) mass is 376 g/mol. The lowest BCUT2D eigenvalue weighted by Gasteiger charge is -2.09. The van der Waals surface area contributed by atoms with Crippen molar-refractivity contribution in [3.05, 3.63) is 59.4 Å². The maximum absolute atomic E-state index is 12.4. The molecule has 0 aliphatic carbocycles. The normalized spacial score (nSPS) is 11.3. The summed E-state index contributed by atoms with van der Waals surface area (Å²) in [5, 5.41) is 9.32. The van der Waals surface area contributed by atoms with E-state index in [2.05, 4.69) is 20.5 Å². The summed E-state index contributed by atoms with van der Waals surface area (Å²) < 4.78 is 23.1. The van der Waals surface area contributed by atoms with E-state index in [4.69, 9.17) is 11.6 Å². The van der Waals surface area contributed by atoms with Crippen molar-refractivity contribution in [2.75, 3.05) is 11.6 Å². The molecule has 0 atom stereocenters. The van der Waals surface area contributed by atoms with Gasteiger partial charge in [0.25, 0.3) is 5.91 Å². The molecule has 25 heavy (non-hydrogen) atoms. The lowest BCUT2D eigenvalue weighted by atomic mass is 10.1. The number of anilines is 1. The molecule has 3 rings (SSSR count). The molecule has 3 aromatic rings. The van der Waals surface area contributed by atoms with Crippen molar-refractivity contribution in [2.24, 2.45) is 0 Å². The number of nitrogens with one attached hydrogen (secondary N) is 2. The van der Waals surface area contributed by atoms with Crippen LogP contribution in [0.5, 0.6) is 0 Å². The molecule has 2 N–H and O–H groups in total. The summed E-state index contributed by atoms with van der Waals surface area (Å²) in [6.45, 7) is 0. The van der Waals surface area contributed by atoms with Crippen molar-refractivity contribution in [3.63, 3.8) is 0 Å². The Hall–Kier alpha value is -2.71. The van der Waals surface area contributed by atoms with Crippen LogP contribution in [-0.2, 0) is 9.84 Å². The zero-order valence-corrected chi connectivity index (χ0v) is 14.6. The third-order valence-electron chi connectivity index (χ3n) is 3.42. The van der Waals surface area contributed by atoms with E-state index < -0.39 is 15.7 Å². The van der Waals surface area contributed by atoms with Crippen LogP contribution in [0.2, 0.25) is 5.02 Å². The number of sulfone groups is 1. The number of aromatic nitrogens is 3. The molecule has 1 aromatic heterocycles. The molecule has 0 bridgehead atoms. The number of carbonyl (C=O) groups is 1. The Labute approximate surface area is 149 Å². The summed E-state index contributed by atoms with van der Waals surface area (Å²) in [6.07, 6.45) is 2.47. The Bertz CT molecular complexity index is 1030. The predicted octanol–water partition coefficient (Wildman–Crippen LogP) is 2.78. The number of hydrogen-bond acceptors (Lipinski definition) is 5. The van der Waals surface area contributed by atoms with Crippen LogP contribution in [-0.4, -0.2) is 35.8 Å². The molecule has 0 saturated carbocycles. The Morgan fingerprint density at radius 2 is 2.00 bits per heavy atom. The second-order valence-corrected chi connectivity index (χ2v) is 7.71. The largest absolute Gasteiger partial charge is 0.322 e. The molecule has 128 valence electrons. The maximum atomic E-state index is 12.4. The average Bonchev–Trinajstić information content (AvgIpc) is 3.08. The van der Waals surface area contributed by atoms with Crippen LogP contribution in [0, 0.1) is 0 Å². The summed E-state index contributed by atoms with van der Waals surface area (Å²) >= 11 is 6.06. The van der Waals surface area contributed by atoms with Gasteiger partial charge in [0.1, 0.15) is 6.33 Å². The SMILES string of the molecule is CS(=O)(=O)c1ccc(C(=O)Nc2cccc(-c3ncn[nH]3)c2)c(Cl)c1. The van der Waals surface area contributed by atoms with Gasteiger partial charge in [-0.25, -0.2) is 13.4 Å². The van der Waals surface area contributed by atoms with Crippen LogP contribution in [0.1, 0.15) is 10.4 Å². The van der Waals surface area contributed by atoms with Crippen molar-refractivity contribution in [1.82, 2.24) is 15.2 Å². The quantitative estimate of drug-likeness (QED) is 0.728. The zero-order valence-electron chi connectivity index (χ0n) is 13.0. The van der Waals surface area contributed by atoms with E-state index in [1.54, 1.807) is 18.2 Å². The average molecular weight is 377 g/mol. The molecule has 2 aromatic carbocycles. The fourth-order valence-corrected chi connectivity index (χ4v) is 3.18. The minimum absolute atomic E-state index is 0.0568. The molecule has 1 heterocycles. The fourth-order valence-electron chi connectivity index (χ4n) is 2.20. The number of aromatic amines is 1. The predicted molar refractivity (Wildman–Crippen MR) is 94.3 cm³/mol. The van der Waals surface area contributed by atoms with Crippen LogP contribution in [0.4, 0.5) is 5.69 Å². The number of hydrogen-bond donors (Lipinski definition) is 2. The summed E-state index contributed by atoms with van der Waals surface area (Å²) in [5.74, 6) is 0.131. The van der Waals surface area contributed by atoms with Crippen molar-refractivity contribution in [1.29, 1.82) is 0 Å². The second kappa shape index (κ2) is 6.66. The van der Waals surface area contributed by atoms with Crippen molar-refractivity contribution in [2.45, 2.75) is 4.90 Å². The Morgan fingerprint density at radius 1 is 1.20 bits per heavy atom. The summed E-state index contributed by atoms with van der Waals surface area (Å²) in [5.41, 5.74) is 1.48. The fraction of sp³-hybridized carbons (Fsp3) is 0.0625. The maximum Gasteiger partial charge on any atom is 0.257 e. The van der Waals surface area contributed by atoms with Gasteiger partial charge < -0.3 is 5.32 Å². The van der Waals surface area contributed by atoms with Crippen molar-refractivity contribution in [3.8, 4) is 11.4 Å². The van der Waals surface area contributed by atoms with Crippen molar-refractivity contribution >= 4 is 33.0 Å². The number of halogens is 1. The van der Waals surface area contributed by atoms with Gasteiger partial charge in [-0.3, -0.25) is 9.89 Å². The first kappa shape index (κ1) is 17.1.